The average molecular weight is 488 g/mol. The summed E-state index contributed by atoms with van der Waals surface area (Å²) in [6.07, 6.45) is 1.25. The summed E-state index contributed by atoms with van der Waals surface area (Å²) < 4.78 is 5.73. The third-order valence-electron chi connectivity index (χ3n) is 6.80. The number of likely N-dealkylation sites (N-methyl/N-ethyl adjacent to an activating group) is 1. The number of likely N-dealkylation sites (tertiary alicyclic amines) is 1. The van der Waals surface area contributed by atoms with E-state index in [9.17, 15) is 14.9 Å². The largest absolute Gasteiger partial charge is 0.482 e. The van der Waals surface area contributed by atoms with Crippen molar-refractivity contribution in [2.24, 2.45) is 5.92 Å². The first-order valence-corrected chi connectivity index (χ1v) is 12.4. The minimum atomic E-state index is -0.459. The van der Waals surface area contributed by atoms with E-state index >= 15 is 0 Å². The van der Waals surface area contributed by atoms with E-state index in [1.54, 1.807) is 17.0 Å². The van der Waals surface area contributed by atoms with Crippen LogP contribution in [0.3, 0.4) is 0 Å². The van der Waals surface area contributed by atoms with Crippen molar-refractivity contribution in [1.82, 2.24) is 9.80 Å². The van der Waals surface area contributed by atoms with Gasteiger partial charge in [0.05, 0.1) is 17.4 Å². The highest BCUT2D eigenvalue weighted by atomic mass is 16.6. The topological polar surface area (TPSA) is 75.9 Å². The lowest BCUT2D eigenvalue weighted by molar-refractivity contribution is -0.386. The second-order valence-electron chi connectivity index (χ2n) is 9.59. The minimum Gasteiger partial charge on any atom is -0.482 e. The molecule has 7 heteroatoms. The summed E-state index contributed by atoms with van der Waals surface area (Å²) in [5.41, 5.74) is 2.47. The summed E-state index contributed by atoms with van der Waals surface area (Å²) in [7, 11) is 1.82. The van der Waals surface area contributed by atoms with E-state index in [0.29, 0.717) is 11.5 Å². The molecule has 0 bridgehead atoms. The van der Waals surface area contributed by atoms with Crippen molar-refractivity contribution in [2.75, 3.05) is 26.7 Å². The van der Waals surface area contributed by atoms with Crippen LogP contribution in [0.25, 0.3) is 0 Å². The van der Waals surface area contributed by atoms with E-state index in [4.69, 9.17) is 4.74 Å². The molecular weight excluding hydrogens is 454 g/mol. The number of nitrogens with zero attached hydrogens (tertiary/aromatic N) is 3. The molecule has 1 aliphatic rings. The first kappa shape index (κ1) is 25.4. The Kier molecular flexibility index (Phi) is 8.33. The number of amides is 1. The van der Waals surface area contributed by atoms with E-state index in [-0.39, 0.29) is 36.4 Å². The maximum absolute atomic E-state index is 13.3. The zero-order valence-electron chi connectivity index (χ0n) is 20.9. The number of hydrogen-bond acceptors (Lipinski definition) is 5. The summed E-state index contributed by atoms with van der Waals surface area (Å²) in [5, 5.41) is 11.7. The smallest absolute Gasteiger partial charge is 0.311 e. The van der Waals surface area contributed by atoms with E-state index in [2.05, 4.69) is 24.0 Å². The minimum absolute atomic E-state index is 0.0794. The molecule has 0 unspecified atom stereocenters. The number of ether oxygens (including phenoxy) is 1. The Hall–Kier alpha value is -3.71. The van der Waals surface area contributed by atoms with Crippen molar-refractivity contribution in [2.45, 2.75) is 32.4 Å². The first-order valence-electron chi connectivity index (χ1n) is 12.4. The lowest BCUT2D eigenvalue weighted by Crippen LogP contribution is -2.39. The molecule has 0 radical (unpaired) electrons. The molecule has 2 atom stereocenters. The van der Waals surface area contributed by atoms with Gasteiger partial charge in [0.15, 0.2) is 5.75 Å². The summed E-state index contributed by atoms with van der Waals surface area (Å²) in [4.78, 5) is 28.8. The Balaban J connectivity index is 1.48. The van der Waals surface area contributed by atoms with E-state index in [1.807, 2.05) is 55.6 Å². The van der Waals surface area contributed by atoms with E-state index in [1.165, 1.54) is 12.5 Å². The van der Waals surface area contributed by atoms with Crippen LogP contribution in [-0.2, 0) is 17.8 Å². The highest BCUT2D eigenvalue weighted by Crippen LogP contribution is 2.30. The van der Waals surface area contributed by atoms with Gasteiger partial charge < -0.3 is 14.5 Å². The summed E-state index contributed by atoms with van der Waals surface area (Å²) in [5.74, 6) is 0.771. The summed E-state index contributed by atoms with van der Waals surface area (Å²) in [6.45, 7) is 5.32. The number of nitro groups is 1. The normalized spacial score (nSPS) is 16.4. The Morgan fingerprint density at radius 1 is 1.08 bits per heavy atom. The highest BCUT2D eigenvalue weighted by molar-refractivity contribution is 5.79. The van der Waals surface area contributed by atoms with Gasteiger partial charge in [-0.25, -0.2) is 0 Å². The van der Waals surface area contributed by atoms with Gasteiger partial charge in [0.2, 0.25) is 5.91 Å². The molecule has 3 aromatic rings. The first-order chi connectivity index (χ1) is 17.4. The van der Waals surface area contributed by atoms with Crippen molar-refractivity contribution in [3.8, 4) is 5.75 Å². The number of nitro benzene ring substituents is 1. The van der Waals surface area contributed by atoms with Crippen molar-refractivity contribution in [3.63, 3.8) is 0 Å². The van der Waals surface area contributed by atoms with Gasteiger partial charge in [-0.2, -0.15) is 0 Å². The highest BCUT2D eigenvalue weighted by Gasteiger charge is 2.28. The van der Waals surface area contributed by atoms with Crippen LogP contribution >= 0.6 is 0 Å². The quantitative estimate of drug-likeness (QED) is 0.288. The summed E-state index contributed by atoms with van der Waals surface area (Å²) >= 11 is 0. The van der Waals surface area contributed by atoms with Gasteiger partial charge in [0.25, 0.3) is 0 Å². The van der Waals surface area contributed by atoms with Crippen LogP contribution in [0.5, 0.6) is 5.75 Å². The predicted octanol–water partition coefficient (Wildman–Crippen LogP) is 5.26. The number of carbonyl (C=O) groups excluding carboxylic acids is 1. The molecule has 36 heavy (non-hydrogen) atoms. The standard InChI is InChI=1S/C29H33N3O4/c1-22-15-16-31(19-22)20-27(25-11-7-4-8-12-25)30(2)29(33)18-24-13-14-28(26(17-24)32(34)35)36-21-23-9-5-3-6-10-23/h3-14,17,22,27H,15-16,18-21H2,1-2H3/t22-,27+/m0/s1. The Morgan fingerprint density at radius 2 is 1.78 bits per heavy atom. The maximum atomic E-state index is 13.3. The fraction of sp³-hybridized carbons (Fsp3) is 0.345. The number of rotatable bonds is 10. The number of hydrogen-bond donors (Lipinski definition) is 0. The molecule has 1 heterocycles. The Labute approximate surface area is 212 Å². The van der Waals surface area contributed by atoms with Crippen LogP contribution in [0.1, 0.15) is 36.1 Å². The monoisotopic (exact) mass is 487 g/mol. The Bertz CT molecular complexity index is 1170. The molecule has 4 rings (SSSR count). The third kappa shape index (κ3) is 6.49. The molecule has 1 fully saturated rings. The molecule has 1 amide bonds. The van der Waals surface area contributed by atoms with Crippen molar-refractivity contribution in [3.05, 3.63) is 106 Å². The fourth-order valence-corrected chi connectivity index (χ4v) is 4.71. The fourth-order valence-electron chi connectivity index (χ4n) is 4.71. The number of benzene rings is 3. The molecule has 1 saturated heterocycles. The summed E-state index contributed by atoms with van der Waals surface area (Å²) in [6, 6.07) is 24.2. The average Bonchev–Trinajstić information content (AvgIpc) is 3.31. The molecule has 1 aliphatic heterocycles. The molecule has 0 aliphatic carbocycles. The molecule has 188 valence electrons. The second kappa shape index (κ2) is 11.8. The molecule has 7 nitrogen and oxygen atoms in total. The van der Waals surface area contributed by atoms with Gasteiger partial charge in [0, 0.05) is 26.2 Å². The van der Waals surface area contributed by atoms with Gasteiger partial charge >= 0.3 is 5.69 Å². The SMILES string of the molecule is C[C@H]1CCN(C[C@H](c2ccccc2)N(C)C(=O)Cc2ccc(OCc3ccccc3)c([N+](=O)[O-])c2)C1. The Morgan fingerprint density at radius 3 is 2.42 bits per heavy atom. The van der Waals surface area contributed by atoms with Crippen molar-refractivity contribution < 1.29 is 14.5 Å². The van der Waals surface area contributed by atoms with E-state index in [0.717, 1.165) is 30.8 Å². The van der Waals surface area contributed by atoms with Crippen LogP contribution in [0.2, 0.25) is 0 Å². The van der Waals surface area contributed by atoms with Crippen molar-refractivity contribution in [1.29, 1.82) is 0 Å². The van der Waals surface area contributed by atoms with Crippen LogP contribution in [0.4, 0.5) is 5.69 Å². The van der Waals surface area contributed by atoms with Gasteiger partial charge in [-0.1, -0.05) is 73.7 Å². The number of carbonyl (C=O) groups is 1. The zero-order chi connectivity index (χ0) is 25.5. The van der Waals surface area contributed by atoms with Crippen LogP contribution in [0, 0.1) is 16.0 Å². The molecule has 0 N–H and O–H groups in total. The predicted molar refractivity (Wildman–Crippen MR) is 140 cm³/mol. The van der Waals surface area contributed by atoms with Crippen molar-refractivity contribution >= 4 is 11.6 Å². The molecule has 0 spiro atoms. The van der Waals surface area contributed by atoms with Gasteiger partial charge in [-0.05, 0) is 41.6 Å². The van der Waals surface area contributed by atoms with E-state index < -0.39 is 4.92 Å². The second-order valence-corrected chi connectivity index (χ2v) is 9.59. The van der Waals surface area contributed by atoms with Gasteiger partial charge in [-0.15, -0.1) is 0 Å². The molecule has 0 aromatic heterocycles. The molecule has 0 saturated carbocycles. The van der Waals surface area contributed by atoms with Crippen LogP contribution in [-0.4, -0.2) is 47.3 Å². The lowest BCUT2D eigenvalue weighted by atomic mass is 10.0. The lowest BCUT2D eigenvalue weighted by Gasteiger charge is -2.32. The zero-order valence-corrected chi connectivity index (χ0v) is 20.9. The molecule has 3 aromatic carbocycles. The molecular formula is C29H33N3O4. The van der Waals surface area contributed by atoms with Gasteiger partial charge in [0.1, 0.15) is 6.61 Å². The van der Waals surface area contributed by atoms with Crippen LogP contribution in [0.15, 0.2) is 78.9 Å². The van der Waals surface area contributed by atoms with Crippen LogP contribution < -0.4 is 4.74 Å². The maximum Gasteiger partial charge on any atom is 0.311 e. The third-order valence-corrected chi connectivity index (χ3v) is 6.80. The van der Waals surface area contributed by atoms with Gasteiger partial charge in [-0.3, -0.25) is 14.9 Å².